The number of nitrogens with zero attached hydrogens (tertiary/aromatic N) is 4. The maximum absolute atomic E-state index is 13.3. The number of nitrogens with one attached hydrogen (secondary N) is 1. The summed E-state index contributed by atoms with van der Waals surface area (Å²) in [5.41, 5.74) is 5.59. The Labute approximate surface area is 188 Å². The summed E-state index contributed by atoms with van der Waals surface area (Å²) in [6.45, 7) is 0.913. The number of hydrogen-bond donors (Lipinski definition) is 1. The number of ether oxygens (including phenoxy) is 1. The maximum Gasteiger partial charge on any atom is 0.347 e. The van der Waals surface area contributed by atoms with Crippen LogP contribution in [-0.4, -0.2) is 43.2 Å². The van der Waals surface area contributed by atoms with Crippen LogP contribution in [0.1, 0.15) is 47.9 Å². The van der Waals surface area contributed by atoms with Crippen LogP contribution in [0.25, 0.3) is 0 Å². The molecular weight excluding hydrogens is 430 g/mol. The lowest BCUT2D eigenvalue weighted by atomic mass is 9.99. The van der Waals surface area contributed by atoms with Gasteiger partial charge in [0.1, 0.15) is 0 Å². The fraction of sp³-hybridized carbons (Fsp3) is 0.545. The van der Waals surface area contributed by atoms with Crippen molar-refractivity contribution in [1.29, 1.82) is 0 Å². The molecule has 0 bridgehead atoms. The highest BCUT2D eigenvalue weighted by atomic mass is 32.2. The molecule has 0 radical (unpaired) electrons. The first kappa shape index (κ1) is 21.3. The van der Waals surface area contributed by atoms with Crippen molar-refractivity contribution >= 4 is 27.7 Å². The minimum atomic E-state index is -4.29. The molecular formula is C22H28N5O4S-. The zero-order chi connectivity index (χ0) is 22.3. The Balaban J connectivity index is 1.48. The number of aryl methyl sites for hydroxylation is 3. The summed E-state index contributed by atoms with van der Waals surface area (Å²) in [4.78, 5) is 4.22. The van der Waals surface area contributed by atoms with E-state index in [1.165, 1.54) is 21.8 Å². The van der Waals surface area contributed by atoms with E-state index in [4.69, 9.17) is 4.74 Å². The van der Waals surface area contributed by atoms with Crippen LogP contribution in [0.5, 0.6) is 0 Å². The zero-order valence-electron chi connectivity index (χ0n) is 18.2. The summed E-state index contributed by atoms with van der Waals surface area (Å²) >= 11 is 0. The Morgan fingerprint density at radius 2 is 1.84 bits per heavy atom. The van der Waals surface area contributed by atoms with E-state index in [0.29, 0.717) is 26.1 Å². The fourth-order valence-electron chi connectivity index (χ4n) is 5.17. The van der Waals surface area contributed by atoms with Crippen LogP contribution >= 0.6 is 0 Å². The average Bonchev–Trinajstić information content (AvgIpc) is 3.49. The van der Waals surface area contributed by atoms with Gasteiger partial charge in [0.2, 0.25) is 0 Å². The molecule has 2 aliphatic carbocycles. The second-order valence-corrected chi connectivity index (χ2v) is 10.2. The second-order valence-electron chi connectivity index (χ2n) is 8.77. The number of rotatable bonds is 5. The van der Waals surface area contributed by atoms with Crippen molar-refractivity contribution in [3.8, 4) is 0 Å². The lowest BCUT2D eigenvalue weighted by molar-refractivity contribution is -0.213. The minimum absolute atomic E-state index is 0.262. The normalized spacial score (nSPS) is 19.1. The number of benzene rings is 1. The van der Waals surface area contributed by atoms with Gasteiger partial charge in [-0.05, 0) is 73.6 Å². The van der Waals surface area contributed by atoms with Crippen molar-refractivity contribution < 1.29 is 18.3 Å². The number of amidine groups is 1. The van der Waals surface area contributed by atoms with Crippen molar-refractivity contribution in [2.75, 3.05) is 22.8 Å². The lowest BCUT2D eigenvalue weighted by Gasteiger charge is -2.32. The molecule has 5 rings (SSSR count). The first-order valence-electron chi connectivity index (χ1n) is 11.2. The molecule has 9 nitrogen and oxygen atoms in total. The third kappa shape index (κ3) is 3.97. The molecule has 1 fully saturated rings. The third-order valence-electron chi connectivity index (χ3n) is 6.59. The van der Waals surface area contributed by atoms with Crippen LogP contribution in [0.15, 0.2) is 23.0 Å². The van der Waals surface area contributed by atoms with E-state index in [-0.39, 0.29) is 11.9 Å². The Morgan fingerprint density at radius 1 is 1.19 bits per heavy atom. The topological polar surface area (TPSA) is 112 Å². The molecule has 1 aliphatic heterocycles. The monoisotopic (exact) mass is 458 g/mol. The maximum atomic E-state index is 13.3. The Kier molecular flexibility index (Phi) is 5.58. The van der Waals surface area contributed by atoms with Gasteiger partial charge in [-0.15, -0.1) is 4.40 Å². The van der Waals surface area contributed by atoms with Gasteiger partial charge in [0, 0.05) is 32.1 Å². The van der Waals surface area contributed by atoms with E-state index in [2.05, 4.69) is 20.8 Å². The molecule has 10 heteroatoms. The molecule has 1 saturated heterocycles. The van der Waals surface area contributed by atoms with E-state index >= 15 is 0 Å². The quantitative estimate of drug-likeness (QED) is 0.536. The number of fused-ring (bicyclic) bond motifs is 2. The lowest BCUT2D eigenvalue weighted by Crippen LogP contribution is -2.44. The van der Waals surface area contributed by atoms with Gasteiger partial charge in [-0.3, -0.25) is 0 Å². The second kappa shape index (κ2) is 8.40. The van der Waals surface area contributed by atoms with Crippen LogP contribution in [-0.2, 0) is 47.7 Å². The smallest absolute Gasteiger partial charge is 0.347 e. The van der Waals surface area contributed by atoms with Crippen molar-refractivity contribution in [2.45, 2.75) is 57.4 Å². The van der Waals surface area contributed by atoms with Gasteiger partial charge < -0.3 is 19.7 Å². The molecule has 0 unspecified atom stereocenters. The molecule has 2 heterocycles. The highest BCUT2D eigenvalue weighted by Gasteiger charge is 2.33. The summed E-state index contributed by atoms with van der Waals surface area (Å²) in [5.74, 6) is 0.262. The number of aromatic nitrogens is 2. The van der Waals surface area contributed by atoms with Gasteiger partial charge in [-0.2, -0.15) is 8.42 Å². The summed E-state index contributed by atoms with van der Waals surface area (Å²) in [7, 11) is -2.52. The summed E-state index contributed by atoms with van der Waals surface area (Å²) in [5, 5.41) is 15.8. The SMILES string of the molecule is Cn1cnc(N(C2CCOCC2)S(=O)(=O)/N=C(\[O-])Nc2c3c(cc4c2CCC4)CCC3)c1. The Morgan fingerprint density at radius 3 is 2.44 bits per heavy atom. The van der Waals surface area contributed by atoms with E-state index in [1.54, 1.807) is 17.8 Å². The van der Waals surface area contributed by atoms with Crippen molar-refractivity contribution in [3.63, 3.8) is 0 Å². The molecule has 0 saturated carbocycles. The standard InChI is InChI=1S/C22H29N5O4S/c1-26-13-20(23-14-26)27(17-8-10-31-11-9-17)32(29,30)25-22(28)24-21-18-6-2-4-15(18)12-16-5-3-7-19(16)21/h12-14,17H,2-11H2,1H3,(H2,24,25,28)/p-1. The third-order valence-corrected chi connectivity index (χ3v) is 7.97. The van der Waals surface area contributed by atoms with E-state index < -0.39 is 16.2 Å². The van der Waals surface area contributed by atoms with Crippen molar-refractivity contribution in [1.82, 2.24) is 9.55 Å². The molecule has 0 atom stereocenters. The number of hydrogen-bond acceptors (Lipinski definition) is 5. The first-order valence-corrected chi connectivity index (χ1v) is 12.6. The molecule has 172 valence electrons. The van der Waals surface area contributed by atoms with E-state index in [0.717, 1.165) is 55.3 Å². The summed E-state index contributed by atoms with van der Waals surface area (Å²) in [6.07, 6.45) is 10.1. The van der Waals surface area contributed by atoms with Gasteiger partial charge in [-0.25, -0.2) is 9.29 Å². The number of imidazole rings is 1. The van der Waals surface area contributed by atoms with Gasteiger partial charge in [0.25, 0.3) is 0 Å². The fourth-order valence-corrected chi connectivity index (χ4v) is 6.43. The Bertz CT molecular complexity index is 1120. The first-order chi connectivity index (χ1) is 15.4. The zero-order valence-corrected chi connectivity index (χ0v) is 19.0. The van der Waals surface area contributed by atoms with Gasteiger partial charge in [0.15, 0.2) is 5.82 Å². The summed E-state index contributed by atoms with van der Waals surface area (Å²) in [6, 6.07) is 1.06. The van der Waals surface area contributed by atoms with Gasteiger partial charge in [-0.1, -0.05) is 6.07 Å². The average molecular weight is 459 g/mol. The van der Waals surface area contributed by atoms with Crippen molar-refractivity contribution in [3.05, 3.63) is 40.8 Å². The van der Waals surface area contributed by atoms with Crippen LogP contribution in [0.4, 0.5) is 11.5 Å². The highest BCUT2D eigenvalue weighted by molar-refractivity contribution is 7.91. The Hall–Kier alpha value is -2.59. The largest absolute Gasteiger partial charge is 0.845 e. The molecule has 1 aromatic carbocycles. The van der Waals surface area contributed by atoms with Crippen LogP contribution < -0.4 is 14.7 Å². The predicted molar refractivity (Wildman–Crippen MR) is 120 cm³/mol. The molecule has 0 spiro atoms. The molecule has 32 heavy (non-hydrogen) atoms. The van der Waals surface area contributed by atoms with Crippen LogP contribution in [0, 0.1) is 0 Å². The van der Waals surface area contributed by atoms with E-state index in [9.17, 15) is 13.5 Å². The molecule has 1 N–H and O–H groups in total. The molecule has 3 aliphatic rings. The van der Waals surface area contributed by atoms with Gasteiger partial charge in [0.05, 0.1) is 18.4 Å². The molecule has 0 amide bonds. The predicted octanol–water partition coefficient (Wildman–Crippen LogP) is 1.46. The van der Waals surface area contributed by atoms with Crippen molar-refractivity contribution in [2.24, 2.45) is 11.4 Å². The van der Waals surface area contributed by atoms with E-state index in [1.807, 2.05) is 0 Å². The molecule has 1 aromatic heterocycles. The molecule has 2 aromatic rings. The minimum Gasteiger partial charge on any atom is -0.845 e. The summed E-state index contributed by atoms with van der Waals surface area (Å²) < 4.78 is 38.5. The van der Waals surface area contributed by atoms with Crippen LogP contribution in [0.2, 0.25) is 0 Å². The highest BCUT2D eigenvalue weighted by Crippen LogP contribution is 2.38. The van der Waals surface area contributed by atoms with Crippen LogP contribution in [0.3, 0.4) is 0 Å². The number of anilines is 2. The van der Waals surface area contributed by atoms with Gasteiger partial charge >= 0.3 is 10.2 Å².